The molecule has 2 aromatic rings. The van der Waals surface area contributed by atoms with Crippen LogP contribution in [0.2, 0.25) is 0 Å². The number of amides is 1. The van der Waals surface area contributed by atoms with E-state index in [2.05, 4.69) is 10.1 Å². The largest absolute Gasteiger partial charge is 0.334 e. The van der Waals surface area contributed by atoms with Crippen LogP contribution in [0, 0.1) is 0 Å². The maximum atomic E-state index is 12.2. The van der Waals surface area contributed by atoms with E-state index in [1.807, 2.05) is 30.3 Å². The molecule has 0 bridgehead atoms. The van der Waals surface area contributed by atoms with Gasteiger partial charge in [-0.3, -0.25) is 9.00 Å². The summed E-state index contributed by atoms with van der Waals surface area (Å²) in [5.41, 5.74) is 0.860. The number of para-hydroxylation sites is 1. The minimum absolute atomic E-state index is 0.182. The number of hydrogen-bond acceptors (Lipinski definition) is 4. The van der Waals surface area contributed by atoms with Crippen molar-refractivity contribution in [3.8, 4) is 5.69 Å². The van der Waals surface area contributed by atoms with Gasteiger partial charge < -0.3 is 4.90 Å². The first-order valence-corrected chi connectivity index (χ1v) is 7.84. The number of rotatable bonds is 2. The van der Waals surface area contributed by atoms with E-state index in [4.69, 9.17) is 0 Å². The summed E-state index contributed by atoms with van der Waals surface area (Å²) in [6.07, 6.45) is 1.53. The van der Waals surface area contributed by atoms with E-state index >= 15 is 0 Å². The molecule has 0 unspecified atom stereocenters. The van der Waals surface area contributed by atoms with Crippen molar-refractivity contribution >= 4 is 16.7 Å². The summed E-state index contributed by atoms with van der Waals surface area (Å²) in [6, 6.07) is 9.51. The third-order valence-corrected chi connectivity index (χ3v) is 4.44. The molecule has 1 amide bonds. The van der Waals surface area contributed by atoms with Gasteiger partial charge in [-0.05, 0) is 12.1 Å². The Morgan fingerprint density at radius 3 is 2.55 bits per heavy atom. The Hall–Kier alpha value is -2.02. The van der Waals surface area contributed by atoms with Crippen LogP contribution in [0.1, 0.15) is 10.6 Å². The molecule has 1 aliphatic heterocycles. The van der Waals surface area contributed by atoms with Gasteiger partial charge in [0.05, 0.1) is 5.69 Å². The third-order valence-electron chi connectivity index (χ3n) is 3.17. The molecule has 0 N–H and O–H groups in total. The van der Waals surface area contributed by atoms with Gasteiger partial charge in [-0.1, -0.05) is 18.2 Å². The number of hydrogen-bond donors (Lipinski definition) is 0. The molecule has 6 nitrogen and oxygen atoms in total. The van der Waals surface area contributed by atoms with E-state index in [1.54, 1.807) is 9.58 Å². The van der Waals surface area contributed by atoms with Crippen LogP contribution in [0.25, 0.3) is 5.69 Å². The van der Waals surface area contributed by atoms with Crippen LogP contribution in [-0.4, -0.2) is 54.4 Å². The Labute approximate surface area is 118 Å². The molecular weight excluding hydrogens is 276 g/mol. The molecule has 0 aliphatic carbocycles. The smallest absolute Gasteiger partial charge is 0.293 e. The Morgan fingerprint density at radius 1 is 1.15 bits per heavy atom. The number of benzene rings is 1. The lowest BCUT2D eigenvalue weighted by Gasteiger charge is -2.24. The summed E-state index contributed by atoms with van der Waals surface area (Å²) in [5.74, 6) is 1.05. The molecule has 1 fully saturated rings. The molecular formula is C13H14N4O2S. The molecule has 1 aromatic carbocycles. The molecule has 2 heterocycles. The molecule has 1 saturated heterocycles. The van der Waals surface area contributed by atoms with Gasteiger partial charge in [0, 0.05) is 35.4 Å². The summed E-state index contributed by atoms with van der Waals surface area (Å²) in [6.45, 7) is 1.01. The van der Waals surface area contributed by atoms with Crippen LogP contribution in [-0.2, 0) is 10.8 Å². The Bertz CT molecular complexity index is 631. The lowest BCUT2D eigenvalue weighted by atomic mass is 10.3. The van der Waals surface area contributed by atoms with E-state index < -0.39 is 10.8 Å². The van der Waals surface area contributed by atoms with Crippen LogP contribution >= 0.6 is 0 Å². The molecule has 0 radical (unpaired) electrons. The van der Waals surface area contributed by atoms with Gasteiger partial charge >= 0.3 is 0 Å². The first-order chi connectivity index (χ1) is 9.74. The first-order valence-electron chi connectivity index (χ1n) is 6.35. The topological polar surface area (TPSA) is 68.1 Å². The van der Waals surface area contributed by atoms with Crippen LogP contribution in [0.15, 0.2) is 36.7 Å². The highest BCUT2D eigenvalue weighted by Crippen LogP contribution is 2.08. The summed E-state index contributed by atoms with van der Waals surface area (Å²) in [4.78, 5) is 18.0. The normalized spacial score (nSPS) is 16.3. The molecule has 20 heavy (non-hydrogen) atoms. The van der Waals surface area contributed by atoms with Gasteiger partial charge in [0.25, 0.3) is 5.91 Å². The summed E-state index contributed by atoms with van der Waals surface area (Å²) in [7, 11) is -0.798. The molecule has 1 aromatic heterocycles. The number of carbonyl (C=O) groups is 1. The molecule has 104 valence electrons. The van der Waals surface area contributed by atoms with Gasteiger partial charge in [0.1, 0.15) is 6.33 Å². The van der Waals surface area contributed by atoms with E-state index in [1.165, 1.54) is 6.33 Å². The molecule has 0 saturated carbocycles. The number of nitrogens with zero attached hydrogens (tertiary/aromatic N) is 4. The van der Waals surface area contributed by atoms with Gasteiger partial charge in [-0.2, -0.15) is 0 Å². The van der Waals surface area contributed by atoms with Crippen molar-refractivity contribution in [3.63, 3.8) is 0 Å². The Morgan fingerprint density at radius 2 is 1.85 bits per heavy atom. The second-order valence-corrected chi connectivity index (χ2v) is 6.18. The highest BCUT2D eigenvalue weighted by Gasteiger charge is 2.24. The third kappa shape index (κ3) is 2.62. The van der Waals surface area contributed by atoms with Crippen molar-refractivity contribution in [2.75, 3.05) is 24.6 Å². The zero-order valence-corrected chi connectivity index (χ0v) is 11.6. The second kappa shape index (κ2) is 5.54. The van der Waals surface area contributed by atoms with Gasteiger partial charge in [0.15, 0.2) is 0 Å². The fourth-order valence-corrected chi connectivity index (χ4v) is 3.10. The van der Waals surface area contributed by atoms with Gasteiger partial charge in [-0.15, -0.1) is 5.10 Å². The predicted molar refractivity (Wildman–Crippen MR) is 75.1 cm³/mol. The van der Waals surface area contributed by atoms with E-state index in [9.17, 15) is 9.00 Å². The standard InChI is InChI=1S/C13H14N4O2S/c18-13(16-6-8-20(19)9-7-16)12-14-10-17(15-12)11-4-2-1-3-5-11/h1-5,10H,6-9H2. The maximum Gasteiger partial charge on any atom is 0.293 e. The zero-order chi connectivity index (χ0) is 13.9. The Balaban J connectivity index is 1.77. The van der Waals surface area contributed by atoms with Gasteiger partial charge in [0.2, 0.25) is 5.82 Å². The van der Waals surface area contributed by atoms with Crippen molar-refractivity contribution < 1.29 is 9.00 Å². The monoisotopic (exact) mass is 290 g/mol. The Kier molecular flexibility index (Phi) is 3.60. The highest BCUT2D eigenvalue weighted by molar-refractivity contribution is 7.85. The molecule has 1 aliphatic rings. The second-order valence-electron chi connectivity index (χ2n) is 4.49. The zero-order valence-electron chi connectivity index (χ0n) is 10.8. The van der Waals surface area contributed by atoms with E-state index in [0.29, 0.717) is 24.6 Å². The minimum Gasteiger partial charge on any atom is -0.334 e. The van der Waals surface area contributed by atoms with Crippen LogP contribution in [0.4, 0.5) is 0 Å². The van der Waals surface area contributed by atoms with E-state index in [-0.39, 0.29) is 11.7 Å². The lowest BCUT2D eigenvalue weighted by Crippen LogP contribution is -2.42. The van der Waals surface area contributed by atoms with Crippen molar-refractivity contribution in [1.82, 2.24) is 19.7 Å². The van der Waals surface area contributed by atoms with Crippen LogP contribution < -0.4 is 0 Å². The number of aromatic nitrogens is 3. The van der Waals surface area contributed by atoms with Crippen molar-refractivity contribution in [2.24, 2.45) is 0 Å². The molecule has 0 spiro atoms. The average molecular weight is 290 g/mol. The van der Waals surface area contributed by atoms with Crippen molar-refractivity contribution in [3.05, 3.63) is 42.5 Å². The van der Waals surface area contributed by atoms with Crippen LogP contribution in [0.3, 0.4) is 0 Å². The summed E-state index contributed by atoms with van der Waals surface area (Å²) >= 11 is 0. The fraction of sp³-hybridized carbons (Fsp3) is 0.308. The molecule has 7 heteroatoms. The first kappa shape index (κ1) is 13.0. The van der Waals surface area contributed by atoms with Crippen molar-refractivity contribution in [1.29, 1.82) is 0 Å². The molecule has 0 atom stereocenters. The minimum atomic E-state index is -0.798. The molecule has 3 rings (SSSR count). The fourth-order valence-electron chi connectivity index (χ4n) is 2.05. The summed E-state index contributed by atoms with van der Waals surface area (Å²) < 4.78 is 12.9. The van der Waals surface area contributed by atoms with E-state index in [0.717, 1.165) is 5.69 Å². The average Bonchev–Trinajstić information content (AvgIpc) is 2.98. The maximum absolute atomic E-state index is 12.2. The van der Waals surface area contributed by atoms with Crippen molar-refractivity contribution in [2.45, 2.75) is 0 Å². The lowest BCUT2D eigenvalue weighted by molar-refractivity contribution is 0.0759. The van der Waals surface area contributed by atoms with Gasteiger partial charge in [-0.25, -0.2) is 9.67 Å². The highest BCUT2D eigenvalue weighted by atomic mass is 32.2. The summed E-state index contributed by atoms with van der Waals surface area (Å²) in [5, 5.41) is 4.21. The predicted octanol–water partition coefficient (Wildman–Crippen LogP) is 0.472. The van der Waals surface area contributed by atoms with Crippen LogP contribution in [0.5, 0.6) is 0 Å². The SMILES string of the molecule is O=C(c1ncn(-c2ccccc2)n1)N1CCS(=O)CC1. The quantitative estimate of drug-likeness (QED) is 0.806. The number of carbonyl (C=O) groups excluding carboxylic acids is 1.